The van der Waals surface area contributed by atoms with Crippen LogP contribution in [0.3, 0.4) is 0 Å². The number of aromatic nitrogens is 1. The fourth-order valence-electron chi connectivity index (χ4n) is 2.49. The molecule has 2 heteroatoms. The lowest BCUT2D eigenvalue weighted by Gasteiger charge is -2.07. The standard InChI is InChI=1S/C14H13NO/c16-10-12-7-8-14-13-6-2-1-4-11(13)5-3-9-15(12)14/h1-2,4,6-8,10H,3,5,9H2. The number of aryl methyl sites for hydroxylation is 1. The summed E-state index contributed by atoms with van der Waals surface area (Å²) >= 11 is 0. The molecule has 0 radical (unpaired) electrons. The Morgan fingerprint density at radius 3 is 2.88 bits per heavy atom. The molecule has 0 saturated carbocycles. The van der Waals surface area contributed by atoms with E-state index in [9.17, 15) is 4.79 Å². The Bertz CT molecular complexity index is 539. The summed E-state index contributed by atoms with van der Waals surface area (Å²) in [4.78, 5) is 10.9. The molecule has 1 aliphatic rings. The van der Waals surface area contributed by atoms with Gasteiger partial charge in [0.05, 0.1) is 5.69 Å². The van der Waals surface area contributed by atoms with Gasteiger partial charge in [-0.05, 0) is 30.5 Å². The Kier molecular flexibility index (Phi) is 2.13. The molecule has 80 valence electrons. The zero-order chi connectivity index (χ0) is 11.0. The zero-order valence-corrected chi connectivity index (χ0v) is 9.02. The van der Waals surface area contributed by atoms with Gasteiger partial charge in [0, 0.05) is 17.8 Å². The largest absolute Gasteiger partial charge is 0.338 e. The second kappa shape index (κ2) is 3.63. The van der Waals surface area contributed by atoms with Crippen LogP contribution < -0.4 is 0 Å². The molecule has 16 heavy (non-hydrogen) atoms. The number of nitrogens with zero attached hydrogens (tertiary/aromatic N) is 1. The lowest BCUT2D eigenvalue weighted by Crippen LogP contribution is -2.02. The number of carbonyl (C=O) groups excluding carboxylic acids is 1. The quantitative estimate of drug-likeness (QED) is 0.665. The summed E-state index contributed by atoms with van der Waals surface area (Å²) in [6, 6.07) is 12.4. The molecule has 1 aromatic carbocycles. The molecule has 0 atom stereocenters. The average molecular weight is 211 g/mol. The minimum atomic E-state index is 0.784. The SMILES string of the molecule is O=Cc1ccc2n1CCCc1ccccc1-2. The van der Waals surface area contributed by atoms with Gasteiger partial charge in [-0.3, -0.25) is 4.79 Å². The predicted molar refractivity (Wildman–Crippen MR) is 63.6 cm³/mol. The van der Waals surface area contributed by atoms with Gasteiger partial charge in [0.25, 0.3) is 0 Å². The van der Waals surface area contributed by atoms with E-state index in [1.165, 1.54) is 16.8 Å². The minimum absolute atomic E-state index is 0.784. The lowest BCUT2D eigenvalue weighted by atomic mass is 10.0. The smallest absolute Gasteiger partial charge is 0.166 e. The Balaban J connectivity index is 2.26. The molecule has 0 spiro atoms. The van der Waals surface area contributed by atoms with Crippen LogP contribution in [0.15, 0.2) is 36.4 Å². The van der Waals surface area contributed by atoms with Crippen LogP contribution in [0.25, 0.3) is 11.3 Å². The topological polar surface area (TPSA) is 22.0 Å². The molecule has 0 saturated heterocycles. The molecule has 1 aromatic heterocycles. The highest BCUT2D eigenvalue weighted by Crippen LogP contribution is 2.29. The van der Waals surface area contributed by atoms with Crippen LogP contribution in [0, 0.1) is 0 Å². The van der Waals surface area contributed by atoms with Crippen molar-refractivity contribution in [1.29, 1.82) is 0 Å². The van der Waals surface area contributed by atoms with Crippen molar-refractivity contribution in [2.75, 3.05) is 0 Å². The van der Waals surface area contributed by atoms with Crippen molar-refractivity contribution >= 4 is 6.29 Å². The predicted octanol–water partition coefficient (Wildman–Crippen LogP) is 2.91. The highest BCUT2D eigenvalue weighted by atomic mass is 16.1. The van der Waals surface area contributed by atoms with E-state index in [1.807, 2.05) is 12.1 Å². The van der Waals surface area contributed by atoms with Crippen LogP contribution in [0.2, 0.25) is 0 Å². The molecule has 3 rings (SSSR count). The number of hydrogen-bond donors (Lipinski definition) is 0. The van der Waals surface area contributed by atoms with Gasteiger partial charge >= 0.3 is 0 Å². The summed E-state index contributed by atoms with van der Waals surface area (Å²) in [5.41, 5.74) is 4.62. The van der Waals surface area contributed by atoms with Crippen molar-refractivity contribution in [2.24, 2.45) is 0 Å². The first-order valence-electron chi connectivity index (χ1n) is 5.63. The van der Waals surface area contributed by atoms with Gasteiger partial charge in [-0.25, -0.2) is 0 Å². The molecule has 0 unspecified atom stereocenters. The number of rotatable bonds is 1. The maximum atomic E-state index is 10.9. The van der Waals surface area contributed by atoms with Gasteiger partial charge in [0.15, 0.2) is 6.29 Å². The van der Waals surface area contributed by atoms with Crippen molar-refractivity contribution in [3.05, 3.63) is 47.7 Å². The van der Waals surface area contributed by atoms with Gasteiger partial charge in [0.1, 0.15) is 0 Å². The summed E-state index contributed by atoms with van der Waals surface area (Å²) in [7, 11) is 0. The van der Waals surface area contributed by atoms with Crippen molar-refractivity contribution in [3.8, 4) is 11.3 Å². The van der Waals surface area contributed by atoms with E-state index >= 15 is 0 Å². The molecule has 0 N–H and O–H groups in total. The molecule has 0 bridgehead atoms. The molecule has 0 aliphatic carbocycles. The van der Waals surface area contributed by atoms with Crippen molar-refractivity contribution in [1.82, 2.24) is 4.57 Å². The normalized spacial score (nSPS) is 13.8. The van der Waals surface area contributed by atoms with E-state index < -0.39 is 0 Å². The fourth-order valence-corrected chi connectivity index (χ4v) is 2.49. The highest BCUT2D eigenvalue weighted by Gasteiger charge is 2.15. The van der Waals surface area contributed by atoms with E-state index in [1.54, 1.807) is 0 Å². The Labute approximate surface area is 94.5 Å². The second-order valence-electron chi connectivity index (χ2n) is 4.17. The molecule has 1 aliphatic heterocycles. The lowest BCUT2D eigenvalue weighted by molar-refractivity contribution is 0.111. The van der Waals surface area contributed by atoms with Crippen LogP contribution in [0.1, 0.15) is 22.5 Å². The molecular formula is C14H13NO. The van der Waals surface area contributed by atoms with Crippen LogP contribution >= 0.6 is 0 Å². The van der Waals surface area contributed by atoms with Crippen molar-refractivity contribution in [2.45, 2.75) is 19.4 Å². The Hall–Kier alpha value is -1.83. The summed E-state index contributed by atoms with van der Waals surface area (Å²) < 4.78 is 2.12. The van der Waals surface area contributed by atoms with Crippen molar-refractivity contribution in [3.63, 3.8) is 0 Å². The number of benzene rings is 1. The third-order valence-electron chi connectivity index (χ3n) is 3.26. The van der Waals surface area contributed by atoms with Crippen molar-refractivity contribution < 1.29 is 4.79 Å². The summed E-state index contributed by atoms with van der Waals surface area (Å²) in [5, 5.41) is 0. The zero-order valence-electron chi connectivity index (χ0n) is 9.02. The van der Waals surface area contributed by atoms with E-state index in [2.05, 4.69) is 28.8 Å². The fraction of sp³-hybridized carbons (Fsp3) is 0.214. The summed E-state index contributed by atoms with van der Waals surface area (Å²) in [5.74, 6) is 0. The monoisotopic (exact) mass is 211 g/mol. The summed E-state index contributed by atoms with van der Waals surface area (Å²) in [6.45, 7) is 0.936. The van der Waals surface area contributed by atoms with Crippen LogP contribution in [0.5, 0.6) is 0 Å². The first-order valence-corrected chi connectivity index (χ1v) is 5.63. The third kappa shape index (κ3) is 1.30. The molecular weight excluding hydrogens is 198 g/mol. The van der Waals surface area contributed by atoms with E-state index in [0.717, 1.165) is 31.4 Å². The molecule has 2 nitrogen and oxygen atoms in total. The number of aldehydes is 1. The average Bonchev–Trinajstić information content (AvgIpc) is 2.64. The minimum Gasteiger partial charge on any atom is -0.338 e. The summed E-state index contributed by atoms with van der Waals surface area (Å²) in [6.07, 6.45) is 3.13. The number of carbonyl (C=O) groups is 1. The molecule has 0 fully saturated rings. The van der Waals surface area contributed by atoms with E-state index in [0.29, 0.717) is 0 Å². The molecule has 0 amide bonds. The third-order valence-corrected chi connectivity index (χ3v) is 3.26. The Morgan fingerprint density at radius 1 is 1.12 bits per heavy atom. The Morgan fingerprint density at radius 2 is 2.00 bits per heavy atom. The van der Waals surface area contributed by atoms with E-state index in [4.69, 9.17) is 0 Å². The van der Waals surface area contributed by atoms with E-state index in [-0.39, 0.29) is 0 Å². The van der Waals surface area contributed by atoms with Gasteiger partial charge in [-0.1, -0.05) is 24.3 Å². The highest BCUT2D eigenvalue weighted by molar-refractivity contribution is 5.77. The van der Waals surface area contributed by atoms with Gasteiger partial charge in [0.2, 0.25) is 0 Å². The van der Waals surface area contributed by atoms with Crippen LogP contribution in [-0.4, -0.2) is 10.9 Å². The molecule has 2 aromatic rings. The van der Waals surface area contributed by atoms with Crippen LogP contribution in [-0.2, 0) is 13.0 Å². The maximum Gasteiger partial charge on any atom is 0.166 e. The number of hydrogen-bond acceptors (Lipinski definition) is 1. The maximum absolute atomic E-state index is 10.9. The van der Waals surface area contributed by atoms with Gasteiger partial charge in [-0.2, -0.15) is 0 Å². The second-order valence-corrected chi connectivity index (χ2v) is 4.17. The molecule has 2 heterocycles. The first kappa shape index (κ1) is 9.40. The first-order chi connectivity index (χ1) is 7.90. The number of fused-ring (bicyclic) bond motifs is 3. The van der Waals surface area contributed by atoms with Gasteiger partial charge in [-0.15, -0.1) is 0 Å². The van der Waals surface area contributed by atoms with Crippen LogP contribution in [0.4, 0.5) is 0 Å². The van der Waals surface area contributed by atoms with Gasteiger partial charge < -0.3 is 4.57 Å².